The van der Waals surface area contributed by atoms with Crippen LogP contribution < -0.4 is 5.32 Å². The SMILES string of the molecule is O=C(CCCO)NCCSc1ccccc1. The van der Waals surface area contributed by atoms with Crippen LogP contribution in [-0.2, 0) is 4.79 Å². The van der Waals surface area contributed by atoms with Gasteiger partial charge in [0.05, 0.1) is 0 Å². The van der Waals surface area contributed by atoms with Gasteiger partial charge in [0.2, 0.25) is 5.91 Å². The summed E-state index contributed by atoms with van der Waals surface area (Å²) >= 11 is 1.72. The molecule has 0 aliphatic heterocycles. The number of thioether (sulfide) groups is 1. The Balaban J connectivity index is 2.06. The number of amides is 1. The summed E-state index contributed by atoms with van der Waals surface area (Å²) in [6.45, 7) is 0.746. The van der Waals surface area contributed by atoms with Crippen molar-refractivity contribution in [1.82, 2.24) is 5.32 Å². The topological polar surface area (TPSA) is 49.3 Å². The summed E-state index contributed by atoms with van der Waals surface area (Å²) in [6, 6.07) is 10.1. The van der Waals surface area contributed by atoms with Gasteiger partial charge in [-0.15, -0.1) is 11.8 Å². The van der Waals surface area contributed by atoms with Crippen molar-refractivity contribution in [3.05, 3.63) is 30.3 Å². The van der Waals surface area contributed by atoms with Crippen LogP contribution in [0.5, 0.6) is 0 Å². The zero-order valence-corrected chi connectivity index (χ0v) is 10.0. The largest absolute Gasteiger partial charge is 0.396 e. The van der Waals surface area contributed by atoms with Gasteiger partial charge in [-0.25, -0.2) is 0 Å². The lowest BCUT2D eigenvalue weighted by molar-refractivity contribution is -0.121. The average molecular weight is 239 g/mol. The van der Waals surface area contributed by atoms with Crippen LogP contribution >= 0.6 is 11.8 Å². The van der Waals surface area contributed by atoms with Crippen LogP contribution in [0.3, 0.4) is 0 Å². The summed E-state index contributed by atoms with van der Waals surface area (Å²) in [5.74, 6) is 0.886. The van der Waals surface area contributed by atoms with Gasteiger partial charge < -0.3 is 10.4 Å². The molecule has 0 heterocycles. The van der Waals surface area contributed by atoms with E-state index in [1.54, 1.807) is 11.8 Å². The Bertz CT molecular complexity index is 303. The Labute approximate surface area is 100 Å². The molecule has 2 N–H and O–H groups in total. The second-order valence-electron chi connectivity index (χ2n) is 3.34. The maximum atomic E-state index is 11.2. The number of nitrogens with one attached hydrogen (secondary N) is 1. The fourth-order valence-corrected chi connectivity index (χ4v) is 1.99. The summed E-state index contributed by atoms with van der Waals surface area (Å²) in [5, 5.41) is 11.4. The minimum Gasteiger partial charge on any atom is -0.396 e. The maximum Gasteiger partial charge on any atom is 0.220 e. The van der Waals surface area contributed by atoms with Gasteiger partial charge >= 0.3 is 0 Å². The van der Waals surface area contributed by atoms with Crippen LogP contribution in [-0.4, -0.2) is 29.9 Å². The van der Waals surface area contributed by atoms with E-state index in [2.05, 4.69) is 17.4 Å². The van der Waals surface area contributed by atoms with E-state index < -0.39 is 0 Å². The lowest BCUT2D eigenvalue weighted by Crippen LogP contribution is -2.25. The second-order valence-corrected chi connectivity index (χ2v) is 4.51. The molecule has 0 fully saturated rings. The molecule has 0 aliphatic carbocycles. The first-order valence-corrected chi connectivity index (χ1v) is 6.37. The molecule has 0 aliphatic rings. The number of aliphatic hydroxyl groups is 1. The van der Waals surface area contributed by atoms with E-state index in [4.69, 9.17) is 5.11 Å². The second kappa shape index (κ2) is 8.19. The van der Waals surface area contributed by atoms with Crippen LogP contribution in [0.2, 0.25) is 0 Å². The van der Waals surface area contributed by atoms with E-state index in [-0.39, 0.29) is 12.5 Å². The first-order valence-electron chi connectivity index (χ1n) is 5.38. The van der Waals surface area contributed by atoms with Gasteiger partial charge in [0, 0.05) is 30.2 Å². The number of carbonyl (C=O) groups excluding carboxylic acids is 1. The van der Waals surface area contributed by atoms with Crippen molar-refractivity contribution in [2.45, 2.75) is 17.7 Å². The standard InChI is InChI=1S/C12H17NO2S/c14-9-4-7-12(15)13-8-10-16-11-5-2-1-3-6-11/h1-3,5-6,14H,4,7-10H2,(H,13,15). The van der Waals surface area contributed by atoms with Gasteiger partial charge in [0.1, 0.15) is 0 Å². The molecule has 0 spiro atoms. The molecule has 88 valence electrons. The molecule has 4 heteroatoms. The fraction of sp³-hybridized carbons (Fsp3) is 0.417. The molecule has 1 amide bonds. The van der Waals surface area contributed by atoms with E-state index in [9.17, 15) is 4.79 Å². The van der Waals surface area contributed by atoms with E-state index in [0.29, 0.717) is 19.4 Å². The normalized spacial score (nSPS) is 10.1. The number of benzene rings is 1. The average Bonchev–Trinajstić information content (AvgIpc) is 2.33. The molecule has 0 saturated heterocycles. The quantitative estimate of drug-likeness (QED) is 0.562. The number of hydrogen-bond acceptors (Lipinski definition) is 3. The number of hydrogen-bond donors (Lipinski definition) is 2. The van der Waals surface area contributed by atoms with Gasteiger partial charge in [-0.05, 0) is 18.6 Å². The van der Waals surface area contributed by atoms with Crippen molar-refractivity contribution in [2.24, 2.45) is 0 Å². The molecule has 0 aromatic heterocycles. The molecule has 3 nitrogen and oxygen atoms in total. The maximum absolute atomic E-state index is 11.2. The lowest BCUT2D eigenvalue weighted by Gasteiger charge is -2.04. The highest BCUT2D eigenvalue weighted by atomic mass is 32.2. The van der Waals surface area contributed by atoms with Gasteiger partial charge in [0.25, 0.3) is 0 Å². The summed E-state index contributed by atoms with van der Waals surface area (Å²) in [7, 11) is 0. The third kappa shape index (κ3) is 5.78. The van der Waals surface area contributed by atoms with Crippen LogP contribution in [0.4, 0.5) is 0 Å². The third-order valence-corrected chi connectivity index (χ3v) is 3.01. The summed E-state index contributed by atoms with van der Waals surface area (Å²) < 4.78 is 0. The van der Waals surface area contributed by atoms with E-state index >= 15 is 0 Å². The Hall–Kier alpha value is -1.00. The van der Waals surface area contributed by atoms with Crippen LogP contribution in [0.25, 0.3) is 0 Å². The zero-order chi connectivity index (χ0) is 11.6. The fourth-order valence-electron chi connectivity index (χ4n) is 1.20. The Morgan fingerprint density at radius 2 is 2.06 bits per heavy atom. The molecule has 0 bridgehead atoms. The summed E-state index contributed by atoms with van der Waals surface area (Å²) in [4.78, 5) is 12.4. The van der Waals surface area contributed by atoms with Gasteiger partial charge in [-0.3, -0.25) is 4.79 Å². The van der Waals surface area contributed by atoms with Gasteiger partial charge in [0.15, 0.2) is 0 Å². The minimum atomic E-state index is 0.0164. The molecule has 0 saturated carbocycles. The predicted octanol–water partition coefficient (Wildman–Crippen LogP) is 1.67. The molecule has 1 aromatic carbocycles. The Kier molecular flexibility index (Phi) is 6.69. The van der Waals surface area contributed by atoms with E-state index in [0.717, 1.165) is 5.75 Å². The number of carbonyl (C=O) groups is 1. The molecular weight excluding hydrogens is 222 g/mol. The summed E-state index contributed by atoms with van der Waals surface area (Å²) in [5.41, 5.74) is 0. The molecule has 0 unspecified atom stereocenters. The third-order valence-electron chi connectivity index (χ3n) is 2.00. The van der Waals surface area contributed by atoms with Crippen molar-refractivity contribution in [1.29, 1.82) is 0 Å². The monoisotopic (exact) mass is 239 g/mol. The van der Waals surface area contributed by atoms with Crippen molar-refractivity contribution in [3.63, 3.8) is 0 Å². The Morgan fingerprint density at radius 1 is 1.31 bits per heavy atom. The highest BCUT2D eigenvalue weighted by molar-refractivity contribution is 7.99. The molecule has 0 atom stereocenters. The highest BCUT2D eigenvalue weighted by Gasteiger charge is 1.99. The minimum absolute atomic E-state index is 0.0164. The van der Waals surface area contributed by atoms with Gasteiger partial charge in [-0.1, -0.05) is 18.2 Å². The van der Waals surface area contributed by atoms with Crippen molar-refractivity contribution in [3.8, 4) is 0 Å². The number of rotatable bonds is 7. The van der Waals surface area contributed by atoms with Crippen molar-refractivity contribution >= 4 is 17.7 Å². The van der Waals surface area contributed by atoms with Crippen LogP contribution in [0.15, 0.2) is 35.2 Å². The molecule has 1 aromatic rings. The highest BCUT2D eigenvalue weighted by Crippen LogP contribution is 2.15. The van der Waals surface area contributed by atoms with Gasteiger partial charge in [-0.2, -0.15) is 0 Å². The predicted molar refractivity (Wildman–Crippen MR) is 66.5 cm³/mol. The first kappa shape index (κ1) is 13.1. The van der Waals surface area contributed by atoms with E-state index in [1.165, 1.54) is 4.90 Å². The smallest absolute Gasteiger partial charge is 0.220 e. The van der Waals surface area contributed by atoms with Crippen LogP contribution in [0, 0.1) is 0 Å². The molecule has 16 heavy (non-hydrogen) atoms. The Morgan fingerprint density at radius 3 is 2.75 bits per heavy atom. The summed E-state index contributed by atoms with van der Waals surface area (Å²) in [6.07, 6.45) is 0.949. The zero-order valence-electron chi connectivity index (χ0n) is 9.19. The first-order chi connectivity index (χ1) is 7.83. The van der Waals surface area contributed by atoms with E-state index in [1.807, 2.05) is 18.2 Å². The number of aliphatic hydroxyl groups excluding tert-OH is 1. The van der Waals surface area contributed by atoms with Crippen molar-refractivity contribution in [2.75, 3.05) is 18.9 Å². The molecule has 1 rings (SSSR count). The molecule has 0 radical (unpaired) electrons. The molecular formula is C12H17NO2S. The lowest BCUT2D eigenvalue weighted by atomic mass is 10.3. The van der Waals surface area contributed by atoms with Crippen LogP contribution in [0.1, 0.15) is 12.8 Å². The van der Waals surface area contributed by atoms with Crippen molar-refractivity contribution < 1.29 is 9.90 Å².